The molecular formula is C17H26N2O3S2. The summed E-state index contributed by atoms with van der Waals surface area (Å²) in [5, 5.41) is 2.08. The van der Waals surface area contributed by atoms with Crippen molar-refractivity contribution in [1.82, 2.24) is 9.80 Å². The maximum Gasteiger partial charge on any atom is 0.223 e. The molecule has 2 aliphatic rings. The van der Waals surface area contributed by atoms with Gasteiger partial charge in [-0.25, -0.2) is 8.42 Å². The predicted octanol–water partition coefficient (Wildman–Crippen LogP) is 1.71. The molecule has 0 N–H and O–H groups in total. The second-order valence-electron chi connectivity index (χ2n) is 6.83. The van der Waals surface area contributed by atoms with Gasteiger partial charge in [-0.2, -0.15) is 0 Å². The minimum atomic E-state index is -2.80. The standard InChI is InChI=1S/C17H26N2O3S2/c1-14-4-11-23-16(14)2-3-17(20)19-9-7-18(8-10-19)15-5-12-24(21,22)13-6-15/h4,11,15H,2-3,5-10,12-13H2,1H3. The molecule has 24 heavy (non-hydrogen) atoms. The number of sulfone groups is 1. The van der Waals surface area contributed by atoms with E-state index in [-0.39, 0.29) is 5.91 Å². The van der Waals surface area contributed by atoms with E-state index in [1.165, 1.54) is 10.4 Å². The van der Waals surface area contributed by atoms with Crippen LogP contribution in [0.5, 0.6) is 0 Å². The zero-order valence-corrected chi connectivity index (χ0v) is 15.9. The van der Waals surface area contributed by atoms with Gasteiger partial charge < -0.3 is 4.90 Å². The molecule has 0 aliphatic carbocycles. The number of carbonyl (C=O) groups is 1. The quantitative estimate of drug-likeness (QED) is 0.810. The van der Waals surface area contributed by atoms with Gasteiger partial charge in [-0.05, 0) is 43.2 Å². The lowest BCUT2D eigenvalue weighted by Gasteiger charge is -2.40. The van der Waals surface area contributed by atoms with Gasteiger partial charge in [0.2, 0.25) is 5.91 Å². The van der Waals surface area contributed by atoms with Crippen LogP contribution in [0.3, 0.4) is 0 Å². The molecule has 2 saturated heterocycles. The third-order valence-corrected chi connectivity index (χ3v) is 8.04. The molecule has 2 fully saturated rings. The van der Waals surface area contributed by atoms with Crippen LogP contribution in [0.4, 0.5) is 0 Å². The monoisotopic (exact) mass is 370 g/mol. The highest BCUT2D eigenvalue weighted by Crippen LogP contribution is 2.21. The first-order valence-corrected chi connectivity index (χ1v) is 11.4. The lowest BCUT2D eigenvalue weighted by Crippen LogP contribution is -2.53. The summed E-state index contributed by atoms with van der Waals surface area (Å²) in [5.41, 5.74) is 1.28. The van der Waals surface area contributed by atoms with Gasteiger partial charge in [0.25, 0.3) is 0 Å². The Bertz CT molecular complexity index is 662. The number of hydrogen-bond acceptors (Lipinski definition) is 5. The van der Waals surface area contributed by atoms with E-state index in [4.69, 9.17) is 0 Å². The van der Waals surface area contributed by atoms with E-state index in [9.17, 15) is 13.2 Å². The fraction of sp³-hybridized carbons (Fsp3) is 0.706. The number of aryl methyl sites for hydroxylation is 2. The first-order chi connectivity index (χ1) is 11.4. The Labute approximate surface area is 148 Å². The summed E-state index contributed by atoms with van der Waals surface area (Å²) in [7, 11) is -2.80. The van der Waals surface area contributed by atoms with Crippen LogP contribution in [0.25, 0.3) is 0 Å². The van der Waals surface area contributed by atoms with Gasteiger partial charge >= 0.3 is 0 Å². The first kappa shape index (κ1) is 17.9. The van der Waals surface area contributed by atoms with E-state index >= 15 is 0 Å². The second kappa shape index (κ2) is 7.54. The fourth-order valence-electron chi connectivity index (χ4n) is 3.62. The lowest BCUT2D eigenvalue weighted by molar-refractivity contribution is -0.133. The van der Waals surface area contributed by atoms with Crippen LogP contribution in [0, 0.1) is 6.92 Å². The van der Waals surface area contributed by atoms with Crippen molar-refractivity contribution in [2.45, 2.75) is 38.6 Å². The molecule has 0 unspecified atom stereocenters. The normalized spacial score (nSPS) is 22.6. The summed E-state index contributed by atoms with van der Waals surface area (Å²) in [6.07, 6.45) is 2.91. The van der Waals surface area contributed by atoms with Crippen LogP contribution < -0.4 is 0 Å². The molecule has 0 saturated carbocycles. The van der Waals surface area contributed by atoms with Crippen LogP contribution in [-0.2, 0) is 21.1 Å². The molecule has 0 bridgehead atoms. The molecule has 5 nitrogen and oxygen atoms in total. The molecule has 2 aliphatic heterocycles. The molecular weight excluding hydrogens is 344 g/mol. The Morgan fingerprint density at radius 3 is 2.46 bits per heavy atom. The minimum absolute atomic E-state index is 0.244. The van der Waals surface area contributed by atoms with Crippen molar-refractivity contribution in [1.29, 1.82) is 0 Å². The maximum absolute atomic E-state index is 12.4. The van der Waals surface area contributed by atoms with E-state index in [0.717, 1.165) is 45.4 Å². The zero-order valence-electron chi connectivity index (χ0n) is 14.2. The second-order valence-corrected chi connectivity index (χ2v) is 10.1. The smallest absolute Gasteiger partial charge is 0.223 e. The Hall–Kier alpha value is -0.920. The molecule has 0 radical (unpaired) electrons. The fourth-order valence-corrected chi connectivity index (χ4v) is 5.99. The summed E-state index contributed by atoms with van der Waals surface area (Å²) in [6, 6.07) is 2.48. The summed E-state index contributed by atoms with van der Waals surface area (Å²) in [5.74, 6) is 0.877. The molecule has 3 rings (SSSR count). The SMILES string of the molecule is Cc1ccsc1CCC(=O)N1CCN(C2CCS(=O)(=O)CC2)CC1. The maximum atomic E-state index is 12.4. The Kier molecular flexibility index (Phi) is 5.62. The van der Waals surface area contributed by atoms with Crippen LogP contribution in [-0.4, -0.2) is 67.9 Å². The number of carbonyl (C=O) groups excluding carboxylic acids is 1. The number of piperazine rings is 1. The number of rotatable bonds is 4. The van der Waals surface area contributed by atoms with Crippen LogP contribution >= 0.6 is 11.3 Å². The number of thiophene rings is 1. The number of hydrogen-bond donors (Lipinski definition) is 0. The predicted molar refractivity (Wildman–Crippen MR) is 97.2 cm³/mol. The highest BCUT2D eigenvalue weighted by atomic mass is 32.2. The van der Waals surface area contributed by atoms with Crippen LogP contribution in [0.2, 0.25) is 0 Å². The summed E-state index contributed by atoms with van der Waals surface area (Å²) in [6.45, 7) is 5.37. The van der Waals surface area contributed by atoms with Crippen LogP contribution in [0.15, 0.2) is 11.4 Å². The minimum Gasteiger partial charge on any atom is -0.340 e. The molecule has 1 aromatic heterocycles. The van der Waals surface area contributed by atoms with Crippen molar-refractivity contribution in [3.05, 3.63) is 21.9 Å². The summed E-state index contributed by atoms with van der Waals surface area (Å²) < 4.78 is 23.1. The molecule has 1 amide bonds. The van der Waals surface area contributed by atoms with Crippen molar-refractivity contribution in [2.24, 2.45) is 0 Å². The van der Waals surface area contributed by atoms with E-state index in [2.05, 4.69) is 23.3 Å². The van der Waals surface area contributed by atoms with Gasteiger partial charge in [0, 0.05) is 43.5 Å². The van der Waals surface area contributed by atoms with Crippen molar-refractivity contribution in [3.63, 3.8) is 0 Å². The topological polar surface area (TPSA) is 57.7 Å². The van der Waals surface area contributed by atoms with Crippen molar-refractivity contribution in [3.8, 4) is 0 Å². The molecule has 0 spiro atoms. The Balaban J connectivity index is 1.43. The first-order valence-electron chi connectivity index (χ1n) is 8.70. The van der Waals surface area contributed by atoms with Crippen molar-refractivity contribution >= 4 is 27.1 Å². The van der Waals surface area contributed by atoms with Gasteiger partial charge in [-0.3, -0.25) is 9.69 Å². The molecule has 0 aromatic carbocycles. The molecule has 134 valence electrons. The Morgan fingerprint density at radius 2 is 1.88 bits per heavy atom. The zero-order chi connectivity index (χ0) is 17.2. The van der Waals surface area contributed by atoms with Gasteiger partial charge in [0.1, 0.15) is 9.84 Å². The van der Waals surface area contributed by atoms with Crippen molar-refractivity contribution < 1.29 is 13.2 Å². The van der Waals surface area contributed by atoms with E-state index < -0.39 is 9.84 Å². The summed E-state index contributed by atoms with van der Waals surface area (Å²) >= 11 is 1.73. The van der Waals surface area contributed by atoms with E-state index in [0.29, 0.717) is 24.0 Å². The van der Waals surface area contributed by atoms with Gasteiger partial charge in [0.05, 0.1) is 11.5 Å². The van der Waals surface area contributed by atoms with Crippen molar-refractivity contribution in [2.75, 3.05) is 37.7 Å². The summed E-state index contributed by atoms with van der Waals surface area (Å²) in [4.78, 5) is 18.1. The Morgan fingerprint density at radius 1 is 1.21 bits per heavy atom. The van der Waals surface area contributed by atoms with Gasteiger partial charge in [0.15, 0.2) is 0 Å². The van der Waals surface area contributed by atoms with Gasteiger partial charge in [-0.1, -0.05) is 0 Å². The molecule has 0 atom stereocenters. The number of amides is 1. The highest BCUT2D eigenvalue weighted by molar-refractivity contribution is 7.91. The largest absolute Gasteiger partial charge is 0.340 e. The van der Waals surface area contributed by atoms with Crippen LogP contribution in [0.1, 0.15) is 29.7 Å². The molecule has 3 heterocycles. The molecule has 7 heteroatoms. The third kappa shape index (κ3) is 4.37. The average molecular weight is 371 g/mol. The highest BCUT2D eigenvalue weighted by Gasteiger charge is 2.30. The molecule has 1 aromatic rings. The third-order valence-electron chi connectivity index (χ3n) is 5.24. The lowest BCUT2D eigenvalue weighted by atomic mass is 10.1. The van der Waals surface area contributed by atoms with E-state index in [1.807, 2.05) is 4.90 Å². The number of nitrogens with zero attached hydrogens (tertiary/aromatic N) is 2. The van der Waals surface area contributed by atoms with E-state index in [1.54, 1.807) is 11.3 Å². The van der Waals surface area contributed by atoms with Gasteiger partial charge in [-0.15, -0.1) is 11.3 Å². The average Bonchev–Trinajstić information content (AvgIpc) is 2.98.